The Hall–Kier alpha value is -1.23. The highest BCUT2D eigenvalue weighted by Crippen LogP contribution is 2.27. The van der Waals surface area contributed by atoms with E-state index in [1.54, 1.807) is 6.92 Å². The van der Waals surface area contributed by atoms with Crippen LogP contribution in [0.3, 0.4) is 0 Å². The van der Waals surface area contributed by atoms with Gasteiger partial charge in [-0.05, 0) is 39.5 Å². The number of halogens is 1. The van der Waals surface area contributed by atoms with Crippen LogP contribution in [0.1, 0.15) is 38.3 Å². The minimum absolute atomic E-state index is 0.297. The molecule has 1 heterocycles. The van der Waals surface area contributed by atoms with E-state index < -0.39 is 0 Å². The van der Waals surface area contributed by atoms with Gasteiger partial charge < -0.3 is 10.6 Å². The van der Waals surface area contributed by atoms with Gasteiger partial charge in [-0.25, -0.2) is 14.4 Å². The Morgan fingerprint density at radius 1 is 1.33 bits per heavy atom. The number of nitrogens with two attached hydrogens (primary N) is 1. The van der Waals surface area contributed by atoms with Gasteiger partial charge in [-0.15, -0.1) is 0 Å². The van der Waals surface area contributed by atoms with Crippen LogP contribution in [0.2, 0.25) is 0 Å². The first-order chi connectivity index (χ1) is 8.63. The molecule has 0 aromatic carbocycles. The zero-order chi connectivity index (χ0) is 13.1. The fraction of sp³-hybridized carbons (Fsp3) is 0.692. The van der Waals surface area contributed by atoms with E-state index in [0.717, 1.165) is 32.2 Å². The molecule has 1 fully saturated rings. The molecule has 0 spiro atoms. The minimum Gasteiger partial charge on any atom is -0.351 e. The van der Waals surface area contributed by atoms with Crippen LogP contribution in [0, 0.1) is 12.7 Å². The van der Waals surface area contributed by atoms with Gasteiger partial charge >= 0.3 is 0 Å². The molecule has 0 bridgehead atoms. The molecule has 0 amide bonds. The van der Waals surface area contributed by atoms with Crippen LogP contribution >= 0.6 is 0 Å². The normalized spacial score (nSPS) is 24.0. The van der Waals surface area contributed by atoms with Gasteiger partial charge in [0.05, 0.1) is 5.69 Å². The summed E-state index contributed by atoms with van der Waals surface area (Å²) in [6, 6.07) is 0.649. The highest BCUT2D eigenvalue weighted by molar-refractivity contribution is 5.42. The average Bonchev–Trinajstić information content (AvgIpc) is 2.37. The number of hydrogen-bond acceptors (Lipinski definition) is 4. The molecule has 1 aliphatic rings. The van der Waals surface area contributed by atoms with E-state index in [1.165, 1.54) is 6.33 Å². The standard InChI is InChI=1S/C13H21FN4/c1-3-18(11-6-4-10(15)5-7-11)13-12(14)9(2)16-8-17-13/h8,10-11H,3-7,15H2,1-2H3. The number of hydrogen-bond donors (Lipinski definition) is 1. The fourth-order valence-corrected chi connectivity index (χ4v) is 2.64. The Morgan fingerprint density at radius 3 is 2.61 bits per heavy atom. The molecule has 1 aromatic rings. The fourth-order valence-electron chi connectivity index (χ4n) is 2.64. The minimum atomic E-state index is -0.297. The first-order valence-corrected chi connectivity index (χ1v) is 6.62. The molecule has 1 aliphatic carbocycles. The van der Waals surface area contributed by atoms with Gasteiger partial charge in [0.15, 0.2) is 11.6 Å². The topological polar surface area (TPSA) is 55.0 Å². The zero-order valence-electron chi connectivity index (χ0n) is 11.1. The van der Waals surface area contributed by atoms with Crippen molar-refractivity contribution in [2.24, 2.45) is 5.73 Å². The Balaban J connectivity index is 2.20. The summed E-state index contributed by atoms with van der Waals surface area (Å²) in [6.45, 7) is 4.46. The van der Waals surface area contributed by atoms with Crippen molar-refractivity contribution in [1.82, 2.24) is 9.97 Å². The second-order valence-corrected chi connectivity index (χ2v) is 4.95. The number of aryl methyl sites for hydroxylation is 1. The Kier molecular flexibility index (Phi) is 4.11. The monoisotopic (exact) mass is 252 g/mol. The van der Waals surface area contributed by atoms with Gasteiger partial charge in [-0.2, -0.15) is 0 Å². The molecule has 2 rings (SSSR count). The zero-order valence-corrected chi connectivity index (χ0v) is 11.1. The Morgan fingerprint density at radius 2 is 2.00 bits per heavy atom. The van der Waals surface area contributed by atoms with Crippen LogP contribution in [0.25, 0.3) is 0 Å². The lowest BCUT2D eigenvalue weighted by atomic mass is 9.90. The summed E-state index contributed by atoms with van der Waals surface area (Å²) >= 11 is 0. The maximum atomic E-state index is 14.1. The van der Waals surface area contributed by atoms with Crippen LogP contribution in [0.15, 0.2) is 6.33 Å². The lowest BCUT2D eigenvalue weighted by Crippen LogP contribution is -2.41. The smallest absolute Gasteiger partial charge is 0.186 e. The van der Waals surface area contributed by atoms with Crippen LogP contribution < -0.4 is 10.6 Å². The summed E-state index contributed by atoms with van der Waals surface area (Å²) in [4.78, 5) is 10.0. The van der Waals surface area contributed by atoms with Gasteiger partial charge in [0, 0.05) is 18.6 Å². The van der Waals surface area contributed by atoms with Gasteiger partial charge in [0.2, 0.25) is 0 Å². The maximum absolute atomic E-state index is 14.1. The SMILES string of the molecule is CCN(c1ncnc(C)c1F)C1CCC(N)CC1. The van der Waals surface area contributed by atoms with Crippen LogP contribution in [-0.4, -0.2) is 28.6 Å². The molecule has 2 N–H and O–H groups in total. The highest BCUT2D eigenvalue weighted by atomic mass is 19.1. The van der Waals surface area contributed by atoms with Crippen molar-refractivity contribution in [2.75, 3.05) is 11.4 Å². The van der Waals surface area contributed by atoms with E-state index in [9.17, 15) is 4.39 Å². The summed E-state index contributed by atoms with van der Waals surface area (Å²) < 4.78 is 14.1. The number of nitrogens with zero attached hydrogens (tertiary/aromatic N) is 3. The summed E-state index contributed by atoms with van der Waals surface area (Å²) in [7, 11) is 0. The van der Waals surface area contributed by atoms with Crippen molar-refractivity contribution in [3.8, 4) is 0 Å². The second kappa shape index (κ2) is 5.61. The molecule has 100 valence electrons. The van der Waals surface area contributed by atoms with Gasteiger partial charge in [-0.1, -0.05) is 0 Å². The highest BCUT2D eigenvalue weighted by Gasteiger charge is 2.26. The van der Waals surface area contributed by atoms with Gasteiger partial charge in [0.25, 0.3) is 0 Å². The average molecular weight is 252 g/mol. The molecule has 1 saturated carbocycles. The predicted octanol–water partition coefficient (Wildman–Crippen LogP) is 2.02. The summed E-state index contributed by atoms with van der Waals surface area (Å²) in [5, 5.41) is 0. The van der Waals surface area contributed by atoms with E-state index in [0.29, 0.717) is 23.6 Å². The van der Waals surface area contributed by atoms with Crippen molar-refractivity contribution in [3.05, 3.63) is 17.8 Å². The van der Waals surface area contributed by atoms with E-state index in [1.807, 2.05) is 6.92 Å². The Bertz CT molecular complexity index is 402. The van der Waals surface area contributed by atoms with E-state index in [2.05, 4.69) is 14.9 Å². The molecular weight excluding hydrogens is 231 g/mol. The third kappa shape index (κ3) is 2.61. The third-order valence-corrected chi connectivity index (χ3v) is 3.74. The van der Waals surface area contributed by atoms with Gasteiger partial charge in [-0.3, -0.25) is 0 Å². The predicted molar refractivity (Wildman–Crippen MR) is 70.0 cm³/mol. The lowest BCUT2D eigenvalue weighted by molar-refractivity contribution is 0.374. The van der Waals surface area contributed by atoms with Crippen molar-refractivity contribution >= 4 is 5.82 Å². The largest absolute Gasteiger partial charge is 0.351 e. The molecule has 0 radical (unpaired) electrons. The van der Waals surface area contributed by atoms with Crippen molar-refractivity contribution in [1.29, 1.82) is 0 Å². The lowest BCUT2D eigenvalue weighted by Gasteiger charge is -2.36. The van der Waals surface area contributed by atoms with E-state index in [4.69, 9.17) is 5.73 Å². The molecule has 0 atom stereocenters. The first kappa shape index (κ1) is 13.2. The maximum Gasteiger partial charge on any atom is 0.186 e. The second-order valence-electron chi connectivity index (χ2n) is 4.95. The Labute approximate surface area is 107 Å². The van der Waals surface area contributed by atoms with Gasteiger partial charge in [0.1, 0.15) is 6.33 Å². The number of aromatic nitrogens is 2. The van der Waals surface area contributed by atoms with Crippen molar-refractivity contribution < 1.29 is 4.39 Å². The number of anilines is 1. The van der Waals surface area contributed by atoms with E-state index >= 15 is 0 Å². The molecule has 4 nitrogen and oxygen atoms in total. The molecular formula is C13H21FN4. The number of rotatable bonds is 3. The molecule has 0 saturated heterocycles. The van der Waals surface area contributed by atoms with Crippen molar-refractivity contribution in [3.63, 3.8) is 0 Å². The summed E-state index contributed by atoms with van der Waals surface area (Å²) in [6.07, 6.45) is 5.47. The van der Waals surface area contributed by atoms with Crippen LogP contribution in [-0.2, 0) is 0 Å². The summed E-state index contributed by atoms with van der Waals surface area (Å²) in [5.74, 6) is 0.139. The third-order valence-electron chi connectivity index (χ3n) is 3.74. The molecule has 18 heavy (non-hydrogen) atoms. The van der Waals surface area contributed by atoms with Crippen LogP contribution in [0.4, 0.5) is 10.2 Å². The molecule has 5 heteroatoms. The first-order valence-electron chi connectivity index (χ1n) is 6.62. The molecule has 0 aliphatic heterocycles. The quantitative estimate of drug-likeness (QED) is 0.894. The van der Waals surface area contributed by atoms with E-state index in [-0.39, 0.29) is 5.82 Å². The van der Waals surface area contributed by atoms with Crippen LogP contribution in [0.5, 0.6) is 0 Å². The molecule has 1 aromatic heterocycles. The van der Waals surface area contributed by atoms with Crippen molar-refractivity contribution in [2.45, 2.75) is 51.6 Å². The molecule has 0 unspecified atom stereocenters. The summed E-state index contributed by atoms with van der Waals surface area (Å²) in [5.41, 5.74) is 6.32.